The molecule has 0 aliphatic rings. The van der Waals surface area contributed by atoms with Crippen molar-refractivity contribution < 1.29 is 13.9 Å². The number of halogens is 1. The highest BCUT2D eigenvalue weighted by Crippen LogP contribution is 2.31. The van der Waals surface area contributed by atoms with Gasteiger partial charge in [-0.2, -0.15) is 0 Å². The van der Waals surface area contributed by atoms with Crippen molar-refractivity contribution in [3.8, 4) is 11.5 Å². The van der Waals surface area contributed by atoms with Crippen molar-refractivity contribution in [3.63, 3.8) is 0 Å². The van der Waals surface area contributed by atoms with Crippen LogP contribution in [0, 0.1) is 26.6 Å². The normalized spacial score (nSPS) is 10.5. The van der Waals surface area contributed by atoms with E-state index in [2.05, 4.69) is 10.3 Å². The first-order valence-electron chi connectivity index (χ1n) is 8.39. The Morgan fingerprint density at radius 2 is 1.70 bits per heavy atom. The maximum Gasteiger partial charge on any atom is 0.259 e. The Bertz CT molecular complexity index is 1070. The van der Waals surface area contributed by atoms with Gasteiger partial charge in [-0.25, -0.2) is 4.39 Å². The van der Waals surface area contributed by atoms with Crippen molar-refractivity contribution in [1.82, 2.24) is 4.98 Å². The number of anilines is 1. The molecule has 0 bridgehead atoms. The minimum absolute atomic E-state index is 0.0351. The van der Waals surface area contributed by atoms with Gasteiger partial charge < -0.3 is 15.0 Å². The maximum atomic E-state index is 13.8. The van der Waals surface area contributed by atoms with Crippen molar-refractivity contribution in [2.45, 2.75) is 20.8 Å². The number of carbonyl (C=O) groups excluding carboxylic acids is 1. The second-order valence-corrected chi connectivity index (χ2v) is 6.34. The quantitative estimate of drug-likeness (QED) is 0.715. The van der Waals surface area contributed by atoms with Gasteiger partial charge in [0, 0.05) is 18.0 Å². The molecular formula is C21H19FN2O3. The van der Waals surface area contributed by atoms with E-state index in [9.17, 15) is 14.0 Å². The van der Waals surface area contributed by atoms with Crippen LogP contribution in [0.25, 0.3) is 0 Å². The number of aromatic nitrogens is 1. The molecule has 2 aromatic carbocycles. The predicted molar refractivity (Wildman–Crippen MR) is 102 cm³/mol. The van der Waals surface area contributed by atoms with Gasteiger partial charge in [0.1, 0.15) is 17.3 Å². The summed E-state index contributed by atoms with van der Waals surface area (Å²) in [6, 6.07) is 10.4. The largest absolute Gasteiger partial charge is 0.456 e. The van der Waals surface area contributed by atoms with Crippen molar-refractivity contribution in [2.75, 3.05) is 5.32 Å². The summed E-state index contributed by atoms with van der Waals surface area (Å²) >= 11 is 0. The van der Waals surface area contributed by atoms with E-state index in [-0.39, 0.29) is 16.9 Å². The molecule has 3 aromatic rings. The summed E-state index contributed by atoms with van der Waals surface area (Å²) in [5.74, 6) is -0.313. The first kappa shape index (κ1) is 18.4. The van der Waals surface area contributed by atoms with Gasteiger partial charge in [0.15, 0.2) is 0 Å². The fourth-order valence-corrected chi connectivity index (χ4v) is 2.65. The maximum absolute atomic E-state index is 13.8. The minimum atomic E-state index is -0.573. The van der Waals surface area contributed by atoms with Crippen LogP contribution in [0.1, 0.15) is 27.0 Å². The smallest absolute Gasteiger partial charge is 0.259 e. The van der Waals surface area contributed by atoms with Crippen LogP contribution < -0.4 is 15.6 Å². The summed E-state index contributed by atoms with van der Waals surface area (Å²) in [6.45, 7) is 5.87. The topological polar surface area (TPSA) is 71.2 Å². The lowest BCUT2D eigenvalue weighted by atomic mass is 10.1. The summed E-state index contributed by atoms with van der Waals surface area (Å²) in [7, 11) is 0. The molecule has 0 unspecified atom stereocenters. The number of aryl methyl sites for hydroxylation is 3. The standard InChI is InChI=1S/C21H19FN2O3/c1-12-8-14(3)19(9-13(12)2)27-18-5-4-15(22)10-17(18)21(26)24-16-6-7-23-20(25)11-16/h4-11H,1-3H3,(H2,23,24,25,26). The van der Waals surface area contributed by atoms with E-state index >= 15 is 0 Å². The zero-order valence-electron chi connectivity index (χ0n) is 15.2. The van der Waals surface area contributed by atoms with Crippen LogP contribution in [0.3, 0.4) is 0 Å². The van der Waals surface area contributed by atoms with Crippen LogP contribution in [-0.4, -0.2) is 10.9 Å². The Kier molecular flexibility index (Phi) is 5.07. The van der Waals surface area contributed by atoms with E-state index in [1.807, 2.05) is 32.9 Å². The molecule has 0 aliphatic carbocycles. The van der Waals surface area contributed by atoms with Crippen LogP contribution in [0.4, 0.5) is 10.1 Å². The SMILES string of the molecule is Cc1cc(C)c(Oc2ccc(F)cc2C(=O)Nc2cc[nH]c(=O)c2)cc1C. The third kappa shape index (κ3) is 4.23. The fraction of sp³-hybridized carbons (Fsp3) is 0.143. The lowest BCUT2D eigenvalue weighted by Crippen LogP contribution is -2.15. The molecule has 27 heavy (non-hydrogen) atoms. The number of benzene rings is 2. The number of carbonyl (C=O) groups is 1. The first-order valence-corrected chi connectivity index (χ1v) is 8.39. The number of nitrogens with one attached hydrogen (secondary N) is 2. The number of hydrogen-bond acceptors (Lipinski definition) is 3. The molecule has 1 aromatic heterocycles. The van der Waals surface area contributed by atoms with E-state index < -0.39 is 11.7 Å². The monoisotopic (exact) mass is 366 g/mol. The lowest BCUT2D eigenvalue weighted by Gasteiger charge is -2.14. The number of rotatable bonds is 4. The molecule has 3 rings (SSSR count). The Balaban J connectivity index is 1.95. The summed E-state index contributed by atoms with van der Waals surface area (Å²) in [6.07, 6.45) is 1.42. The van der Waals surface area contributed by atoms with Gasteiger partial charge in [-0.15, -0.1) is 0 Å². The van der Waals surface area contributed by atoms with Crippen LogP contribution in [-0.2, 0) is 0 Å². The molecule has 2 N–H and O–H groups in total. The molecular weight excluding hydrogens is 347 g/mol. The third-order valence-electron chi connectivity index (χ3n) is 4.23. The molecule has 0 atom stereocenters. The molecule has 0 saturated carbocycles. The summed E-state index contributed by atoms with van der Waals surface area (Å²) in [4.78, 5) is 26.5. The van der Waals surface area contributed by atoms with Gasteiger partial charge in [-0.1, -0.05) is 6.07 Å². The van der Waals surface area contributed by atoms with Crippen LogP contribution in [0.2, 0.25) is 0 Å². The van der Waals surface area contributed by atoms with Crippen molar-refractivity contribution >= 4 is 11.6 Å². The van der Waals surface area contributed by atoms with Gasteiger partial charge in [-0.05, 0) is 67.8 Å². The van der Waals surface area contributed by atoms with Crippen LogP contribution >= 0.6 is 0 Å². The van der Waals surface area contributed by atoms with Gasteiger partial charge in [-0.3, -0.25) is 9.59 Å². The Hall–Kier alpha value is -3.41. The highest BCUT2D eigenvalue weighted by Gasteiger charge is 2.16. The molecule has 1 amide bonds. The number of ether oxygens (including phenoxy) is 1. The molecule has 0 radical (unpaired) electrons. The molecule has 0 aliphatic heterocycles. The fourth-order valence-electron chi connectivity index (χ4n) is 2.65. The molecule has 138 valence electrons. The van der Waals surface area contributed by atoms with Gasteiger partial charge in [0.25, 0.3) is 5.91 Å². The van der Waals surface area contributed by atoms with Crippen molar-refractivity contribution in [1.29, 1.82) is 0 Å². The van der Waals surface area contributed by atoms with Gasteiger partial charge >= 0.3 is 0 Å². The molecule has 6 heteroatoms. The summed E-state index contributed by atoms with van der Waals surface area (Å²) in [5, 5.41) is 2.58. The Morgan fingerprint density at radius 3 is 2.44 bits per heavy atom. The van der Waals surface area contributed by atoms with E-state index in [1.54, 1.807) is 0 Å². The molecule has 0 saturated heterocycles. The van der Waals surface area contributed by atoms with Crippen LogP contribution in [0.5, 0.6) is 11.5 Å². The first-order chi connectivity index (χ1) is 12.8. The van der Waals surface area contributed by atoms with Gasteiger partial charge in [0.05, 0.1) is 5.56 Å². The molecule has 0 spiro atoms. The van der Waals surface area contributed by atoms with Crippen molar-refractivity contribution in [3.05, 3.63) is 87.1 Å². The summed E-state index contributed by atoms with van der Waals surface area (Å²) in [5.41, 5.74) is 3.07. The van der Waals surface area contributed by atoms with Crippen molar-refractivity contribution in [2.24, 2.45) is 0 Å². The number of amides is 1. The van der Waals surface area contributed by atoms with E-state index in [4.69, 9.17) is 4.74 Å². The average molecular weight is 366 g/mol. The van der Waals surface area contributed by atoms with Crippen LogP contribution in [0.15, 0.2) is 53.5 Å². The lowest BCUT2D eigenvalue weighted by molar-refractivity contribution is 0.102. The molecule has 0 fully saturated rings. The van der Waals surface area contributed by atoms with E-state index in [1.165, 1.54) is 30.5 Å². The minimum Gasteiger partial charge on any atom is -0.456 e. The number of H-pyrrole nitrogens is 1. The zero-order valence-corrected chi connectivity index (χ0v) is 15.2. The average Bonchev–Trinajstić information content (AvgIpc) is 2.61. The molecule has 5 nitrogen and oxygen atoms in total. The zero-order chi connectivity index (χ0) is 19.6. The second-order valence-electron chi connectivity index (χ2n) is 6.34. The number of aromatic amines is 1. The van der Waals surface area contributed by atoms with E-state index in [0.717, 1.165) is 22.8 Å². The van der Waals surface area contributed by atoms with Gasteiger partial charge in [0.2, 0.25) is 5.56 Å². The highest BCUT2D eigenvalue weighted by atomic mass is 19.1. The number of hydrogen-bond donors (Lipinski definition) is 2. The number of pyridine rings is 1. The third-order valence-corrected chi connectivity index (χ3v) is 4.23. The molecule has 1 heterocycles. The summed E-state index contributed by atoms with van der Waals surface area (Å²) < 4.78 is 19.7. The van der Waals surface area contributed by atoms with E-state index in [0.29, 0.717) is 11.4 Å². The Labute approximate surface area is 155 Å². The predicted octanol–water partition coefficient (Wildman–Crippen LogP) is 4.48. The Morgan fingerprint density at radius 1 is 0.963 bits per heavy atom. The highest BCUT2D eigenvalue weighted by molar-refractivity contribution is 6.06. The second kappa shape index (κ2) is 7.45.